The van der Waals surface area contributed by atoms with Crippen LogP contribution in [0.5, 0.6) is 0 Å². The van der Waals surface area contributed by atoms with Crippen LogP contribution in [0.1, 0.15) is 11.1 Å². The van der Waals surface area contributed by atoms with Gasteiger partial charge in [0, 0.05) is 5.56 Å². The lowest BCUT2D eigenvalue weighted by Crippen LogP contribution is -2.05. The first kappa shape index (κ1) is 13.2. The van der Waals surface area contributed by atoms with Gasteiger partial charge in [0.2, 0.25) is 5.90 Å². The van der Waals surface area contributed by atoms with E-state index in [0.29, 0.717) is 11.1 Å². The standard InChI is InChI=1S/C16H9F2NO2/c17-12-6-4-11(5-7-12)15-19-14(16(20)21-15)9-10-2-1-3-13(18)8-10/h1-9H. The van der Waals surface area contributed by atoms with E-state index in [1.165, 1.54) is 48.5 Å². The molecule has 0 unspecified atom stereocenters. The molecule has 2 aromatic carbocycles. The lowest BCUT2D eigenvalue weighted by molar-refractivity contribution is -0.129. The summed E-state index contributed by atoms with van der Waals surface area (Å²) >= 11 is 0. The molecule has 104 valence electrons. The lowest BCUT2D eigenvalue weighted by atomic mass is 10.2. The van der Waals surface area contributed by atoms with Crippen LogP contribution in [0.4, 0.5) is 8.78 Å². The van der Waals surface area contributed by atoms with Crippen LogP contribution in [0.25, 0.3) is 6.08 Å². The van der Waals surface area contributed by atoms with Crippen molar-refractivity contribution >= 4 is 17.9 Å². The van der Waals surface area contributed by atoms with Crippen molar-refractivity contribution in [1.82, 2.24) is 0 Å². The summed E-state index contributed by atoms with van der Waals surface area (Å²) < 4.78 is 31.0. The third-order valence-electron chi connectivity index (χ3n) is 2.86. The van der Waals surface area contributed by atoms with Gasteiger partial charge in [-0.25, -0.2) is 18.6 Å². The number of benzene rings is 2. The van der Waals surface area contributed by atoms with Gasteiger partial charge >= 0.3 is 5.97 Å². The third kappa shape index (κ3) is 2.86. The van der Waals surface area contributed by atoms with Gasteiger partial charge in [0.1, 0.15) is 11.6 Å². The Bertz CT molecular complexity index is 764. The van der Waals surface area contributed by atoms with E-state index in [-0.39, 0.29) is 17.4 Å². The largest absolute Gasteiger partial charge is 0.402 e. The Balaban J connectivity index is 1.93. The van der Waals surface area contributed by atoms with Crippen LogP contribution in [-0.2, 0) is 9.53 Å². The predicted octanol–water partition coefficient (Wildman–Crippen LogP) is 3.31. The van der Waals surface area contributed by atoms with Crippen molar-refractivity contribution in [2.75, 3.05) is 0 Å². The minimum Gasteiger partial charge on any atom is -0.402 e. The number of carbonyl (C=O) groups is 1. The molecule has 0 aliphatic carbocycles. The van der Waals surface area contributed by atoms with E-state index in [9.17, 15) is 13.6 Å². The van der Waals surface area contributed by atoms with Crippen molar-refractivity contribution in [1.29, 1.82) is 0 Å². The molecule has 0 fully saturated rings. The second-order valence-corrected chi connectivity index (χ2v) is 4.40. The van der Waals surface area contributed by atoms with Crippen molar-refractivity contribution < 1.29 is 18.3 Å². The molecule has 0 aromatic heterocycles. The first-order valence-corrected chi connectivity index (χ1v) is 6.16. The highest BCUT2D eigenvalue weighted by Gasteiger charge is 2.24. The zero-order chi connectivity index (χ0) is 14.8. The first-order chi connectivity index (χ1) is 10.1. The Morgan fingerprint density at radius 1 is 1.00 bits per heavy atom. The van der Waals surface area contributed by atoms with Crippen LogP contribution < -0.4 is 0 Å². The predicted molar refractivity (Wildman–Crippen MR) is 73.4 cm³/mol. The number of carbonyl (C=O) groups excluding carboxylic acids is 1. The van der Waals surface area contributed by atoms with Crippen molar-refractivity contribution in [3.05, 3.63) is 77.0 Å². The Morgan fingerprint density at radius 2 is 1.76 bits per heavy atom. The molecule has 3 nitrogen and oxygen atoms in total. The summed E-state index contributed by atoms with van der Waals surface area (Å²) in [4.78, 5) is 15.8. The van der Waals surface area contributed by atoms with Crippen LogP contribution in [-0.4, -0.2) is 11.9 Å². The van der Waals surface area contributed by atoms with Crippen molar-refractivity contribution in [2.45, 2.75) is 0 Å². The summed E-state index contributed by atoms with van der Waals surface area (Å²) in [7, 11) is 0. The van der Waals surface area contributed by atoms with Gasteiger partial charge in [0.05, 0.1) is 0 Å². The van der Waals surface area contributed by atoms with E-state index in [1.807, 2.05) is 0 Å². The number of halogens is 2. The summed E-state index contributed by atoms with van der Waals surface area (Å²) in [5, 5.41) is 0. The smallest absolute Gasteiger partial charge is 0.363 e. The van der Waals surface area contributed by atoms with Gasteiger partial charge in [-0.1, -0.05) is 12.1 Å². The SMILES string of the molecule is O=C1OC(c2ccc(F)cc2)=NC1=Cc1cccc(F)c1. The normalized spacial score (nSPS) is 16.0. The number of esters is 1. The molecule has 0 spiro atoms. The van der Waals surface area contributed by atoms with Crippen LogP contribution in [0, 0.1) is 11.6 Å². The van der Waals surface area contributed by atoms with Gasteiger partial charge in [-0.3, -0.25) is 0 Å². The Morgan fingerprint density at radius 3 is 2.48 bits per heavy atom. The average molecular weight is 285 g/mol. The zero-order valence-electron chi connectivity index (χ0n) is 10.7. The van der Waals surface area contributed by atoms with E-state index < -0.39 is 11.8 Å². The fourth-order valence-electron chi connectivity index (χ4n) is 1.88. The number of nitrogens with zero attached hydrogens (tertiary/aromatic N) is 1. The van der Waals surface area contributed by atoms with Gasteiger partial charge in [0.25, 0.3) is 0 Å². The van der Waals surface area contributed by atoms with Gasteiger partial charge in [0.15, 0.2) is 5.70 Å². The number of aliphatic imine (C=N–C) groups is 1. The van der Waals surface area contributed by atoms with E-state index in [1.54, 1.807) is 6.07 Å². The molecule has 1 aliphatic heterocycles. The molecule has 1 heterocycles. The summed E-state index contributed by atoms with van der Waals surface area (Å²) in [6.45, 7) is 0. The zero-order valence-corrected chi connectivity index (χ0v) is 10.7. The molecule has 0 amide bonds. The summed E-state index contributed by atoms with van der Waals surface area (Å²) in [5.41, 5.74) is 1.07. The van der Waals surface area contributed by atoms with E-state index in [2.05, 4.69) is 4.99 Å². The maximum absolute atomic E-state index is 13.1. The highest BCUT2D eigenvalue weighted by Crippen LogP contribution is 2.19. The summed E-state index contributed by atoms with van der Waals surface area (Å²) in [6, 6.07) is 11.2. The molecule has 3 rings (SSSR count). The maximum Gasteiger partial charge on any atom is 0.363 e. The van der Waals surface area contributed by atoms with E-state index in [0.717, 1.165) is 0 Å². The highest BCUT2D eigenvalue weighted by molar-refractivity contribution is 6.12. The Kier molecular flexibility index (Phi) is 3.31. The third-order valence-corrected chi connectivity index (χ3v) is 2.86. The number of ether oxygens (including phenoxy) is 1. The van der Waals surface area contributed by atoms with Gasteiger partial charge < -0.3 is 4.74 Å². The molecule has 1 aliphatic rings. The molecule has 0 atom stereocenters. The van der Waals surface area contributed by atoms with Crippen LogP contribution in [0.15, 0.2) is 59.2 Å². The molecule has 2 aromatic rings. The molecule has 5 heteroatoms. The fourth-order valence-corrected chi connectivity index (χ4v) is 1.88. The van der Waals surface area contributed by atoms with Crippen molar-refractivity contribution in [2.24, 2.45) is 4.99 Å². The van der Waals surface area contributed by atoms with Crippen molar-refractivity contribution in [3.63, 3.8) is 0 Å². The fraction of sp³-hybridized carbons (Fsp3) is 0. The second-order valence-electron chi connectivity index (χ2n) is 4.40. The number of cyclic esters (lactones) is 1. The maximum atomic E-state index is 13.1. The number of rotatable bonds is 2. The minimum absolute atomic E-state index is 0.0694. The van der Waals surface area contributed by atoms with Crippen LogP contribution in [0.3, 0.4) is 0 Å². The molecule has 0 radical (unpaired) electrons. The summed E-state index contributed by atoms with van der Waals surface area (Å²) in [6.07, 6.45) is 1.43. The quantitative estimate of drug-likeness (QED) is 0.627. The minimum atomic E-state index is -0.626. The van der Waals surface area contributed by atoms with Crippen LogP contribution in [0.2, 0.25) is 0 Å². The van der Waals surface area contributed by atoms with E-state index >= 15 is 0 Å². The molecule has 21 heavy (non-hydrogen) atoms. The highest BCUT2D eigenvalue weighted by atomic mass is 19.1. The summed E-state index contributed by atoms with van der Waals surface area (Å²) in [5.74, 6) is -1.32. The monoisotopic (exact) mass is 285 g/mol. The Labute approximate surface area is 119 Å². The Hall–Kier alpha value is -2.82. The second kappa shape index (κ2) is 5.28. The lowest BCUT2D eigenvalue weighted by Gasteiger charge is -1.98. The van der Waals surface area contributed by atoms with Crippen molar-refractivity contribution in [3.8, 4) is 0 Å². The number of hydrogen-bond acceptors (Lipinski definition) is 3. The number of hydrogen-bond donors (Lipinski definition) is 0. The van der Waals surface area contributed by atoms with Crippen LogP contribution >= 0.6 is 0 Å². The van der Waals surface area contributed by atoms with E-state index in [4.69, 9.17) is 4.74 Å². The van der Waals surface area contributed by atoms with Gasteiger partial charge in [-0.05, 0) is 48.0 Å². The molecular weight excluding hydrogens is 276 g/mol. The molecule has 0 saturated carbocycles. The van der Waals surface area contributed by atoms with Gasteiger partial charge in [-0.2, -0.15) is 0 Å². The molecule has 0 bridgehead atoms. The molecular formula is C16H9F2NO2. The topological polar surface area (TPSA) is 38.7 Å². The first-order valence-electron chi connectivity index (χ1n) is 6.16. The molecule has 0 saturated heterocycles. The average Bonchev–Trinajstić information content (AvgIpc) is 2.81. The van der Waals surface area contributed by atoms with Gasteiger partial charge in [-0.15, -0.1) is 0 Å². The molecule has 0 N–H and O–H groups in total.